The van der Waals surface area contributed by atoms with Gasteiger partial charge in [0.2, 0.25) is 15.9 Å². The monoisotopic (exact) mass is 298 g/mol. The second-order valence-corrected chi connectivity index (χ2v) is 7.01. The fraction of sp³-hybridized carbons (Fsp3) is 0.500. The first-order chi connectivity index (χ1) is 9.27. The van der Waals surface area contributed by atoms with Crippen LogP contribution in [0.1, 0.15) is 33.6 Å². The van der Waals surface area contributed by atoms with Crippen molar-refractivity contribution in [1.29, 1.82) is 0 Å². The number of benzene rings is 1. The smallest absolute Gasteiger partial charge is 0.240 e. The van der Waals surface area contributed by atoms with Gasteiger partial charge in [-0.2, -0.15) is 0 Å². The van der Waals surface area contributed by atoms with E-state index in [-0.39, 0.29) is 29.3 Å². The maximum atomic E-state index is 11.9. The Balaban J connectivity index is 2.47. The fourth-order valence-corrected chi connectivity index (χ4v) is 2.56. The van der Waals surface area contributed by atoms with Gasteiger partial charge in [-0.3, -0.25) is 4.79 Å². The molecule has 20 heavy (non-hydrogen) atoms. The van der Waals surface area contributed by atoms with E-state index in [0.29, 0.717) is 0 Å². The molecule has 0 aliphatic rings. The fourth-order valence-electron chi connectivity index (χ4n) is 1.51. The first-order valence-electron chi connectivity index (χ1n) is 6.62. The van der Waals surface area contributed by atoms with Gasteiger partial charge in [-0.05, 0) is 32.4 Å². The Morgan fingerprint density at radius 3 is 2.35 bits per heavy atom. The van der Waals surface area contributed by atoms with Crippen LogP contribution in [0.25, 0.3) is 0 Å². The summed E-state index contributed by atoms with van der Waals surface area (Å²) in [6.07, 6.45) is 0.935. The summed E-state index contributed by atoms with van der Waals surface area (Å²) in [4.78, 5) is 11.9. The highest BCUT2D eigenvalue weighted by atomic mass is 32.2. The van der Waals surface area contributed by atoms with Crippen molar-refractivity contribution >= 4 is 15.9 Å². The SMILES string of the molecule is CCC(C)(C)NC(=O)CCNS(=O)(=O)c1ccccc1. The average molecular weight is 298 g/mol. The minimum atomic E-state index is -3.54. The van der Waals surface area contributed by atoms with Crippen LogP contribution in [-0.2, 0) is 14.8 Å². The Morgan fingerprint density at radius 1 is 1.20 bits per heavy atom. The van der Waals surface area contributed by atoms with Crippen molar-refractivity contribution in [1.82, 2.24) is 10.0 Å². The van der Waals surface area contributed by atoms with Crippen molar-refractivity contribution in [2.24, 2.45) is 0 Å². The number of carbonyl (C=O) groups is 1. The predicted molar refractivity (Wildman–Crippen MR) is 78.8 cm³/mol. The van der Waals surface area contributed by atoms with Crippen LogP contribution in [0, 0.1) is 0 Å². The minimum Gasteiger partial charge on any atom is -0.351 e. The standard InChI is InChI=1S/C14H22N2O3S/c1-4-14(2,3)16-13(17)10-11-15-20(18,19)12-8-6-5-7-9-12/h5-9,15H,4,10-11H2,1-3H3,(H,16,17). The summed E-state index contributed by atoms with van der Waals surface area (Å²) in [7, 11) is -3.54. The lowest BCUT2D eigenvalue weighted by Gasteiger charge is -2.24. The number of hydrogen-bond acceptors (Lipinski definition) is 3. The molecule has 0 unspecified atom stereocenters. The van der Waals surface area contributed by atoms with E-state index in [4.69, 9.17) is 0 Å². The van der Waals surface area contributed by atoms with E-state index >= 15 is 0 Å². The molecule has 0 saturated heterocycles. The molecule has 0 fully saturated rings. The zero-order valence-corrected chi connectivity index (χ0v) is 13.0. The molecule has 0 heterocycles. The van der Waals surface area contributed by atoms with Crippen molar-refractivity contribution in [3.05, 3.63) is 30.3 Å². The molecule has 0 aromatic heterocycles. The Bertz CT molecular complexity index is 539. The number of hydrogen-bond donors (Lipinski definition) is 2. The molecular formula is C14H22N2O3S. The van der Waals surface area contributed by atoms with E-state index in [1.54, 1.807) is 18.2 Å². The van der Waals surface area contributed by atoms with Crippen LogP contribution >= 0.6 is 0 Å². The molecule has 0 aliphatic carbocycles. The maximum absolute atomic E-state index is 11.9. The van der Waals surface area contributed by atoms with Crippen LogP contribution in [0.15, 0.2) is 35.2 Å². The highest BCUT2D eigenvalue weighted by Gasteiger charge is 2.18. The summed E-state index contributed by atoms with van der Waals surface area (Å²) in [6, 6.07) is 8.10. The number of nitrogens with one attached hydrogen (secondary N) is 2. The minimum absolute atomic E-state index is 0.0862. The van der Waals surface area contributed by atoms with E-state index in [1.165, 1.54) is 12.1 Å². The Kier molecular flexibility index (Phi) is 5.71. The third-order valence-electron chi connectivity index (χ3n) is 3.06. The summed E-state index contributed by atoms with van der Waals surface area (Å²) in [6.45, 7) is 5.93. The van der Waals surface area contributed by atoms with Gasteiger partial charge in [0.1, 0.15) is 0 Å². The normalized spacial score (nSPS) is 12.2. The zero-order chi connectivity index (χ0) is 15.2. The van der Waals surface area contributed by atoms with Gasteiger partial charge in [-0.25, -0.2) is 13.1 Å². The van der Waals surface area contributed by atoms with Gasteiger partial charge < -0.3 is 5.32 Å². The van der Waals surface area contributed by atoms with Gasteiger partial charge in [0.25, 0.3) is 0 Å². The summed E-state index contributed by atoms with van der Waals surface area (Å²) >= 11 is 0. The largest absolute Gasteiger partial charge is 0.351 e. The molecule has 0 saturated carbocycles. The van der Waals surface area contributed by atoms with Crippen molar-refractivity contribution in [3.8, 4) is 0 Å². The first-order valence-corrected chi connectivity index (χ1v) is 8.11. The topological polar surface area (TPSA) is 75.3 Å². The Labute approximate surface area is 120 Å². The van der Waals surface area contributed by atoms with Gasteiger partial charge in [-0.15, -0.1) is 0 Å². The van der Waals surface area contributed by atoms with Crippen LogP contribution in [0.3, 0.4) is 0 Å². The van der Waals surface area contributed by atoms with Gasteiger partial charge >= 0.3 is 0 Å². The quantitative estimate of drug-likeness (QED) is 0.804. The van der Waals surface area contributed by atoms with Gasteiger partial charge in [0.05, 0.1) is 4.90 Å². The lowest BCUT2D eigenvalue weighted by molar-refractivity contribution is -0.122. The van der Waals surface area contributed by atoms with E-state index in [1.807, 2.05) is 20.8 Å². The third kappa shape index (κ3) is 5.30. The molecule has 6 heteroatoms. The first kappa shape index (κ1) is 16.7. The molecule has 5 nitrogen and oxygen atoms in total. The Morgan fingerprint density at radius 2 is 1.80 bits per heavy atom. The molecule has 1 rings (SSSR count). The predicted octanol–water partition coefficient (Wildman–Crippen LogP) is 1.66. The van der Waals surface area contributed by atoms with Crippen LogP contribution < -0.4 is 10.0 Å². The molecule has 0 radical (unpaired) electrons. The highest BCUT2D eigenvalue weighted by molar-refractivity contribution is 7.89. The molecule has 0 spiro atoms. The van der Waals surface area contributed by atoms with Gasteiger partial charge in [-0.1, -0.05) is 25.1 Å². The molecule has 0 atom stereocenters. The molecule has 2 N–H and O–H groups in total. The van der Waals surface area contributed by atoms with Crippen LogP contribution in [0.2, 0.25) is 0 Å². The lowest BCUT2D eigenvalue weighted by Crippen LogP contribution is -2.43. The lowest BCUT2D eigenvalue weighted by atomic mass is 10.0. The van der Waals surface area contributed by atoms with E-state index in [2.05, 4.69) is 10.0 Å². The number of amides is 1. The van der Waals surface area contributed by atoms with Crippen molar-refractivity contribution < 1.29 is 13.2 Å². The Hall–Kier alpha value is -1.40. The van der Waals surface area contributed by atoms with Crippen LogP contribution in [-0.4, -0.2) is 26.4 Å². The second kappa shape index (κ2) is 6.85. The summed E-state index contributed by atoms with van der Waals surface area (Å²) in [5, 5.41) is 2.86. The molecule has 0 bridgehead atoms. The number of rotatable bonds is 7. The van der Waals surface area contributed by atoms with Gasteiger partial charge in [0, 0.05) is 18.5 Å². The van der Waals surface area contributed by atoms with Crippen molar-refractivity contribution in [2.75, 3.05) is 6.54 Å². The number of carbonyl (C=O) groups excluding carboxylic acids is 1. The maximum Gasteiger partial charge on any atom is 0.240 e. The van der Waals surface area contributed by atoms with Crippen LogP contribution in [0.4, 0.5) is 0 Å². The molecule has 112 valence electrons. The molecule has 1 aromatic rings. The van der Waals surface area contributed by atoms with Gasteiger partial charge in [0.15, 0.2) is 0 Å². The number of sulfonamides is 1. The third-order valence-corrected chi connectivity index (χ3v) is 4.54. The van der Waals surface area contributed by atoms with Crippen molar-refractivity contribution in [3.63, 3.8) is 0 Å². The molecular weight excluding hydrogens is 276 g/mol. The van der Waals surface area contributed by atoms with E-state index in [0.717, 1.165) is 6.42 Å². The van der Waals surface area contributed by atoms with E-state index in [9.17, 15) is 13.2 Å². The van der Waals surface area contributed by atoms with E-state index < -0.39 is 10.0 Å². The summed E-state index contributed by atoms with van der Waals surface area (Å²) < 4.78 is 26.2. The highest BCUT2D eigenvalue weighted by Crippen LogP contribution is 2.08. The molecule has 1 aromatic carbocycles. The summed E-state index contributed by atoms with van der Waals surface area (Å²) in [5.41, 5.74) is -0.268. The molecule has 1 amide bonds. The van der Waals surface area contributed by atoms with Crippen molar-refractivity contribution in [2.45, 2.75) is 44.0 Å². The van der Waals surface area contributed by atoms with Crippen LogP contribution in [0.5, 0.6) is 0 Å². The zero-order valence-electron chi connectivity index (χ0n) is 12.1. The average Bonchev–Trinajstić information content (AvgIpc) is 2.39. The second-order valence-electron chi connectivity index (χ2n) is 5.25. The summed E-state index contributed by atoms with van der Waals surface area (Å²) in [5.74, 6) is -0.160. The molecule has 0 aliphatic heterocycles.